The second-order valence-electron chi connectivity index (χ2n) is 8.05. The van der Waals surface area contributed by atoms with Crippen molar-refractivity contribution in [2.75, 3.05) is 12.4 Å². The van der Waals surface area contributed by atoms with E-state index >= 15 is 0 Å². The highest BCUT2D eigenvalue weighted by Crippen LogP contribution is 2.36. The number of anilines is 1. The third-order valence-corrected chi connectivity index (χ3v) is 5.86. The van der Waals surface area contributed by atoms with Crippen molar-refractivity contribution in [1.82, 2.24) is 9.97 Å². The van der Waals surface area contributed by atoms with Gasteiger partial charge in [0.25, 0.3) is 0 Å². The maximum Gasteiger partial charge on any atom is 0.126 e. The Labute approximate surface area is 174 Å². The van der Waals surface area contributed by atoms with Crippen molar-refractivity contribution in [3.05, 3.63) is 59.1 Å². The second-order valence-corrected chi connectivity index (χ2v) is 8.05. The molecule has 0 bridgehead atoms. The normalized spacial score (nSPS) is 17.3. The van der Waals surface area contributed by atoms with Gasteiger partial charge in [-0.1, -0.05) is 37.5 Å². The van der Waals surface area contributed by atoms with E-state index in [1.54, 1.807) is 0 Å². The Bertz CT molecular complexity index is 967. The Morgan fingerprint density at radius 3 is 2.52 bits per heavy atom. The quantitative estimate of drug-likeness (QED) is 0.549. The first-order chi connectivity index (χ1) is 14.0. The van der Waals surface area contributed by atoms with Gasteiger partial charge >= 0.3 is 0 Å². The van der Waals surface area contributed by atoms with Gasteiger partial charge in [-0.3, -0.25) is 4.98 Å². The minimum Gasteiger partial charge on any atom is -0.388 e. The predicted octanol–water partition coefficient (Wildman–Crippen LogP) is 5.91. The van der Waals surface area contributed by atoms with E-state index in [2.05, 4.69) is 49.3 Å². The first-order valence-corrected chi connectivity index (χ1v) is 10.6. The number of hydrogen-bond acceptors (Lipinski definition) is 4. The maximum atomic E-state index is 10.8. The number of allylic oxidation sites excluding steroid dienone is 4. The molecule has 154 valence electrons. The molecule has 3 rings (SSSR count). The number of pyridine rings is 2. The Kier molecular flexibility index (Phi) is 6.86. The Hall–Kier alpha value is -2.46. The number of nitrogens with one attached hydrogen (secondary N) is 1. The number of hydrogen-bond donors (Lipinski definition) is 2. The van der Waals surface area contributed by atoms with Crippen molar-refractivity contribution in [3.8, 4) is 0 Å². The molecule has 1 fully saturated rings. The molecule has 0 spiro atoms. The Morgan fingerprint density at radius 1 is 1.21 bits per heavy atom. The molecule has 0 amide bonds. The van der Waals surface area contributed by atoms with E-state index in [0.29, 0.717) is 5.92 Å². The van der Waals surface area contributed by atoms with Crippen molar-refractivity contribution < 1.29 is 5.11 Å². The van der Waals surface area contributed by atoms with Gasteiger partial charge in [-0.15, -0.1) is 0 Å². The summed E-state index contributed by atoms with van der Waals surface area (Å²) in [5, 5.41) is 16.0. The van der Waals surface area contributed by atoms with Crippen LogP contribution in [-0.4, -0.2) is 28.2 Å². The third-order valence-electron chi connectivity index (χ3n) is 5.86. The summed E-state index contributed by atoms with van der Waals surface area (Å²) in [6.45, 7) is 8.42. The average Bonchev–Trinajstić information content (AvgIpc) is 3.55. The fraction of sp³-hybridized carbons (Fsp3) is 0.440. The summed E-state index contributed by atoms with van der Waals surface area (Å²) in [5.74, 6) is 1.53. The average molecular weight is 392 g/mol. The zero-order chi connectivity index (χ0) is 21.0. The molecular formula is C25H33N3O. The van der Waals surface area contributed by atoms with Gasteiger partial charge in [0.05, 0.1) is 11.8 Å². The number of fused-ring (bicyclic) bond motifs is 1. The summed E-state index contributed by atoms with van der Waals surface area (Å²) in [7, 11) is 1.86. The molecule has 0 aliphatic heterocycles. The summed E-state index contributed by atoms with van der Waals surface area (Å²) in [6.07, 6.45) is 12.0. The number of aliphatic hydroxyl groups is 1. The van der Waals surface area contributed by atoms with E-state index in [0.717, 1.165) is 51.8 Å². The minimum atomic E-state index is -0.385. The van der Waals surface area contributed by atoms with Gasteiger partial charge in [0.1, 0.15) is 5.82 Å². The van der Waals surface area contributed by atoms with Crippen LogP contribution in [0.4, 0.5) is 5.82 Å². The van der Waals surface area contributed by atoms with E-state index < -0.39 is 0 Å². The van der Waals surface area contributed by atoms with Crippen LogP contribution in [0, 0.1) is 5.92 Å². The largest absolute Gasteiger partial charge is 0.388 e. The number of aliphatic hydroxyl groups excluding tert-OH is 1. The molecule has 1 aliphatic carbocycles. The molecule has 2 aromatic rings. The summed E-state index contributed by atoms with van der Waals surface area (Å²) in [5.41, 5.74) is 5.46. The summed E-state index contributed by atoms with van der Waals surface area (Å²) >= 11 is 0. The standard InChI is InChI=1S/C25H33N3O/c1-6-16(3)22(24(29)11-18-8-9-18)10-17(4)21(7-2)23-12-19-15-28-25(26-5)13-20(19)14-27-23/h7,10,12-15,18,24,29H,6,8-9,11H2,1-5H3,(H,26,28)/b17-10-,21-7+,22-16-. The van der Waals surface area contributed by atoms with Crippen LogP contribution >= 0.6 is 0 Å². The predicted molar refractivity (Wildman–Crippen MR) is 123 cm³/mol. The molecule has 4 heteroatoms. The summed E-state index contributed by atoms with van der Waals surface area (Å²) in [4.78, 5) is 9.13. The van der Waals surface area contributed by atoms with E-state index in [-0.39, 0.29) is 6.10 Å². The number of rotatable bonds is 8. The van der Waals surface area contributed by atoms with Crippen LogP contribution in [0.15, 0.2) is 53.4 Å². The fourth-order valence-corrected chi connectivity index (χ4v) is 3.71. The van der Waals surface area contributed by atoms with E-state index in [4.69, 9.17) is 4.98 Å². The van der Waals surface area contributed by atoms with Crippen LogP contribution < -0.4 is 5.32 Å². The van der Waals surface area contributed by atoms with Gasteiger partial charge in [-0.2, -0.15) is 0 Å². The van der Waals surface area contributed by atoms with Gasteiger partial charge in [0, 0.05) is 30.2 Å². The van der Waals surface area contributed by atoms with Crippen LogP contribution in [0.2, 0.25) is 0 Å². The molecule has 4 nitrogen and oxygen atoms in total. The van der Waals surface area contributed by atoms with E-state index in [1.807, 2.05) is 32.4 Å². The van der Waals surface area contributed by atoms with Crippen LogP contribution in [0.3, 0.4) is 0 Å². The van der Waals surface area contributed by atoms with Gasteiger partial charge in [-0.05, 0) is 68.4 Å². The van der Waals surface area contributed by atoms with Crippen LogP contribution in [0.1, 0.15) is 59.1 Å². The topological polar surface area (TPSA) is 58.0 Å². The van der Waals surface area contributed by atoms with Crippen molar-refractivity contribution in [2.24, 2.45) is 5.92 Å². The lowest BCUT2D eigenvalue weighted by molar-refractivity contribution is 0.195. The van der Waals surface area contributed by atoms with Crippen LogP contribution in [0.5, 0.6) is 0 Å². The van der Waals surface area contributed by atoms with Gasteiger partial charge in [0.15, 0.2) is 0 Å². The highest BCUT2D eigenvalue weighted by atomic mass is 16.3. The molecule has 1 atom stereocenters. The molecule has 0 aromatic carbocycles. The SMILES string of the molecule is C\C=C(/C(C)=C\C(=C(/C)CC)C(O)CC1CC1)c1cc2cnc(NC)cc2cn1. The molecule has 0 saturated heterocycles. The molecule has 2 aromatic heterocycles. The molecule has 29 heavy (non-hydrogen) atoms. The molecule has 1 unspecified atom stereocenters. The lowest BCUT2D eigenvalue weighted by Crippen LogP contribution is -2.12. The summed E-state index contributed by atoms with van der Waals surface area (Å²) < 4.78 is 0. The minimum absolute atomic E-state index is 0.385. The van der Waals surface area contributed by atoms with Crippen molar-refractivity contribution >= 4 is 22.2 Å². The van der Waals surface area contributed by atoms with Gasteiger partial charge in [-0.25, -0.2) is 4.98 Å². The number of aromatic nitrogens is 2. The molecular weight excluding hydrogens is 358 g/mol. The highest BCUT2D eigenvalue weighted by molar-refractivity contribution is 5.88. The van der Waals surface area contributed by atoms with Gasteiger partial charge < -0.3 is 10.4 Å². The number of nitrogens with zero attached hydrogens (tertiary/aromatic N) is 2. The molecule has 1 saturated carbocycles. The van der Waals surface area contributed by atoms with Crippen LogP contribution in [0.25, 0.3) is 16.3 Å². The molecule has 2 N–H and O–H groups in total. The lowest BCUT2D eigenvalue weighted by atomic mass is 9.93. The highest BCUT2D eigenvalue weighted by Gasteiger charge is 2.26. The van der Waals surface area contributed by atoms with Crippen molar-refractivity contribution in [2.45, 2.75) is 59.5 Å². The second kappa shape index (κ2) is 9.36. The lowest BCUT2D eigenvalue weighted by Gasteiger charge is -2.17. The molecule has 0 radical (unpaired) electrons. The summed E-state index contributed by atoms with van der Waals surface area (Å²) in [6, 6.07) is 4.09. The third kappa shape index (κ3) is 5.13. The van der Waals surface area contributed by atoms with E-state index in [9.17, 15) is 5.11 Å². The van der Waals surface area contributed by atoms with Crippen molar-refractivity contribution in [1.29, 1.82) is 0 Å². The Balaban J connectivity index is 1.94. The first kappa shape index (κ1) is 21.3. The van der Waals surface area contributed by atoms with Crippen LogP contribution in [-0.2, 0) is 0 Å². The molecule has 1 aliphatic rings. The first-order valence-electron chi connectivity index (χ1n) is 10.6. The van der Waals surface area contributed by atoms with E-state index in [1.165, 1.54) is 18.4 Å². The zero-order valence-corrected chi connectivity index (χ0v) is 18.3. The maximum absolute atomic E-state index is 10.8. The monoisotopic (exact) mass is 391 g/mol. The fourth-order valence-electron chi connectivity index (χ4n) is 3.71. The molecule has 2 heterocycles. The Morgan fingerprint density at radius 2 is 1.90 bits per heavy atom. The smallest absolute Gasteiger partial charge is 0.126 e. The van der Waals surface area contributed by atoms with Gasteiger partial charge in [0.2, 0.25) is 0 Å². The van der Waals surface area contributed by atoms with Crippen molar-refractivity contribution in [3.63, 3.8) is 0 Å². The zero-order valence-electron chi connectivity index (χ0n) is 18.3.